The molecule has 0 unspecified atom stereocenters. The van der Waals surface area contributed by atoms with E-state index < -0.39 is 0 Å². The van der Waals surface area contributed by atoms with E-state index in [4.69, 9.17) is 28.9 Å². The normalized spacial score (nSPS) is 10.4. The zero-order chi connectivity index (χ0) is 15.4. The van der Waals surface area contributed by atoms with E-state index in [0.717, 1.165) is 5.56 Å². The molecule has 0 saturated heterocycles. The Bertz CT molecular complexity index is 658. The van der Waals surface area contributed by atoms with Gasteiger partial charge in [0.2, 0.25) is 0 Å². The molecule has 2 rings (SSSR count). The van der Waals surface area contributed by atoms with Crippen LogP contribution in [0.5, 0.6) is 0 Å². The van der Waals surface area contributed by atoms with E-state index in [2.05, 4.69) is 0 Å². The first-order chi connectivity index (χ1) is 10.0. The van der Waals surface area contributed by atoms with Gasteiger partial charge in [-0.15, -0.1) is 0 Å². The van der Waals surface area contributed by atoms with Gasteiger partial charge in [0.1, 0.15) is 0 Å². The third-order valence-corrected chi connectivity index (χ3v) is 3.93. The molecular formula is C16H16Cl2N2O. The Labute approximate surface area is 134 Å². The first-order valence-electron chi connectivity index (χ1n) is 6.60. The largest absolute Gasteiger partial charge is 0.398 e. The molecule has 5 heteroatoms. The van der Waals surface area contributed by atoms with E-state index in [1.165, 1.54) is 0 Å². The van der Waals surface area contributed by atoms with Crippen LogP contribution in [0.4, 0.5) is 5.69 Å². The standard InChI is InChI=1S/C16H16Cl2N2O/c1-2-20(10-12-5-3-4-6-13(12)17)16(21)11-7-8-15(19)14(18)9-11/h3-9H,2,10,19H2,1H3. The van der Waals surface area contributed by atoms with Gasteiger partial charge in [-0.05, 0) is 36.8 Å². The van der Waals surface area contributed by atoms with Gasteiger partial charge in [0.15, 0.2) is 0 Å². The molecule has 2 aromatic rings. The monoisotopic (exact) mass is 322 g/mol. The molecule has 0 aliphatic rings. The fourth-order valence-corrected chi connectivity index (χ4v) is 2.38. The number of halogens is 2. The summed E-state index contributed by atoms with van der Waals surface area (Å²) in [6.45, 7) is 2.96. The minimum absolute atomic E-state index is 0.0979. The van der Waals surface area contributed by atoms with Crippen molar-refractivity contribution in [2.45, 2.75) is 13.5 Å². The molecule has 0 radical (unpaired) electrons. The number of nitrogens with zero attached hydrogens (tertiary/aromatic N) is 1. The number of carbonyl (C=O) groups excluding carboxylic acids is 1. The predicted octanol–water partition coefficient (Wildman–Crippen LogP) is 4.24. The number of nitrogens with two attached hydrogens (primary N) is 1. The molecule has 3 nitrogen and oxygen atoms in total. The van der Waals surface area contributed by atoms with Gasteiger partial charge >= 0.3 is 0 Å². The van der Waals surface area contributed by atoms with E-state index in [0.29, 0.717) is 34.4 Å². The van der Waals surface area contributed by atoms with Gasteiger partial charge < -0.3 is 10.6 Å². The lowest BCUT2D eigenvalue weighted by molar-refractivity contribution is 0.0752. The Kier molecular flexibility index (Phi) is 5.10. The lowest BCUT2D eigenvalue weighted by Gasteiger charge is -2.22. The second-order valence-electron chi connectivity index (χ2n) is 4.65. The summed E-state index contributed by atoms with van der Waals surface area (Å²) in [5, 5.41) is 1.04. The third-order valence-electron chi connectivity index (χ3n) is 3.24. The van der Waals surface area contributed by atoms with Crippen molar-refractivity contribution in [1.29, 1.82) is 0 Å². The quantitative estimate of drug-likeness (QED) is 0.856. The number of hydrogen-bond acceptors (Lipinski definition) is 2. The van der Waals surface area contributed by atoms with Crippen LogP contribution in [0.15, 0.2) is 42.5 Å². The molecule has 0 aliphatic heterocycles. The van der Waals surface area contributed by atoms with E-state index in [-0.39, 0.29) is 5.91 Å². The second-order valence-corrected chi connectivity index (χ2v) is 5.46. The summed E-state index contributed by atoms with van der Waals surface area (Å²) in [6, 6.07) is 12.4. The summed E-state index contributed by atoms with van der Waals surface area (Å²) in [7, 11) is 0. The number of carbonyl (C=O) groups is 1. The summed E-state index contributed by atoms with van der Waals surface area (Å²) in [4.78, 5) is 14.2. The molecule has 0 aliphatic carbocycles. The number of rotatable bonds is 4. The number of nitrogen functional groups attached to an aromatic ring is 1. The van der Waals surface area contributed by atoms with Crippen molar-refractivity contribution in [3.05, 3.63) is 63.6 Å². The molecule has 0 saturated carbocycles. The maximum atomic E-state index is 12.5. The van der Waals surface area contributed by atoms with Gasteiger partial charge in [0, 0.05) is 23.7 Å². The SMILES string of the molecule is CCN(Cc1ccccc1Cl)C(=O)c1ccc(N)c(Cl)c1. The Morgan fingerprint density at radius 3 is 2.48 bits per heavy atom. The van der Waals surface area contributed by atoms with Crippen molar-refractivity contribution < 1.29 is 4.79 Å². The van der Waals surface area contributed by atoms with Gasteiger partial charge in [-0.1, -0.05) is 41.4 Å². The van der Waals surface area contributed by atoms with Crippen molar-refractivity contribution in [1.82, 2.24) is 4.90 Å². The molecule has 0 atom stereocenters. The van der Waals surface area contributed by atoms with Crippen LogP contribution in [-0.2, 0) is 6.54 Å². The molecule has 2 aromatic carbocycles. The second kappa shape index (κ2) is 6.83. The number of amides is 1. The zero-order valence-corrected chi connectivity index (χ0v) is 13.2. The minimum Gasteiger partial charge on any atom is -0.398 e. The lowest BCUT2D eigenvalue weighted by atomic mass is 10.1. The summed E-state index contributed by atoms with van der Waals surface area (Å²) >= 11 is 12.1. The summed E-state index contributed by atoms with van der Waals surface area (Å²) < 4.78 is 0. The highest BCUT2D eigenvalue weighted by atomic mass is 35.5. The van der Waals surface area contributed by atoms with Crippen LogP contribution in [0.3, 0.4) is 0 Å². The average molecular weight is 323 g/mol. The van der Waals surface area contributed by atoms with E-state index >= 15 is 0 Å². The molecule has 21 heavy (non-hydrogen) atoms. The van der Waals surface area contributed by atoms with Crippen molar-refractivity contribution in [3.63, 3.8) is 0 Å². The third kappa shape index (κ3) is 3.69. The number of benzene rings is 2. The average Bonchev–Trinajstić information content (AvgIpc) is 2.48. The Hall–Kier alpha value is -1.71. The van der Waals surface area contributed by atoms with Gasteiger partial charge in [-0.25, -0.2) is 0 Å². The zero-order valence-electron chi connectivity index (χ0n) is 11.6. The van der Waals surface area contributed by atoms with Crippen LogP contribution in [-0.4, -0.2) is 17.4 Å². The Balaban J connectivity index is 2.22. The van der Waals surface area contributed by atoms with Crippen molar-refractivity contribution in [2.75, 3.05) is 12.3 Å². The highest BCUT2D eigenvalue weighted by Crippen LogP contribution is 2.22. The Morgan fingerprint density at radius 1 is 1.14 bits per heavy atom. The maximum absolute atomic E-state index is 12.5. The van der Waals surface area contributed by atoms with Crippen LogP contribution < -0.4 is 5.73 Å². The minimum atomic E-state index is -0.0979. The van der Waals surface area contributed by atoms with Gasteiger partial charge in [-0.2, -0.15) is 0 Å². The van der Waals surface area contributed by atoms with E-state index in [1.807, 2.05) is 31.2 Å². The number of anilines is 1. The molecular weight excluding hydrogens is 307 g/mol. The van der Waals surface area contributed by atoms with Crippen LogP contribution in [0.2, 0.25) is 10.0 Å². The Morgan fingerprint density at radius 2 is 1.86 bits per heavy atom. The molecule has 0 spiro atoms. The molecule has 1 amide bonds. The lowest BCUT2D eigenvalue weighted by Crippen LogP contribution is -2.30. The molecule has 110 valence electrons. The van der Waals surface area contributed by atoms with Gasteiger partial charge in [0.25, 0.3) is 5.91 Å². The van der Waals surface area contributed by atoms with E-state index in [9.17, 15) is 4.79 Å². The maximum Gasteiger partial charge on any atom is 0.254 e. The highest BCUT2D eigenvalue weighted by Gasteiger charge is 2.16. The summed E-state index contributed by atoms with van der Waals surface area (Å²) in [5.41, 5.74) is 7.56. The number of hydrogen-bond donors (Lipinski definition) is 1. The fraction of sp³-hybridized carbons (Fsp3) is 0.188. The van der Waals surface area contributed by atoms with Crippen molar-refractivity contribution >= 4 is 34.8 Å². The van der Waals surface area contributed by atoms with Gasteiger partial charge in [0.05, 0.1) is 10.7 Å². The van der Waals surface area contributed by atoms with Crippen LogP contribution in [0.1, 0.15) is 22.8 Å². The predicted molar refractivity (Wildman–Crippen MR) is 87.7 cm³/mol. The molecule has 0 heterocycles. The summed E-state index contributed by atoms with van der Waals surface area (Å²) in [6.07, 6.45) is 0. The van der Waals surface area contributed by atoms with Crippen LogP contribution in [0.25, 0.3) is 0 Å². The van der Waals surface area contributed by atoms with Gasteiger partial charge in [-0.3, -0.25) is 4.79 Å². The molecule has 0 bridgehead atoms. The van der Waals surface area contributed by atoms with Crippen molar-refractivity contribution in [3.8, 4) is 0 Å². The smallest absolute Gasteiger partial charge is 0.254 e. The van der Waals surface area contributed by atoms with Crippen molar-refractivity contribution in [2.24, 2.45) is 0 Å². The molecule has 0 fully saturated rings. The molecule has 2 N–H and O–H groups in total. The first-order valence-corrected chi connectivity index (χ1v) is 7.36. The first kappa shape index (κ1) is 15.7. The highest BCUT2D eigenvalue weighted by molar-refractivity contribution is 6.33. The molecule has 0 aromatic heterocycles. The van der Waals surface area contributed by atoms with Crippen LogP contribution >= 0.6 is 23.2 Å². The summed E-state index contributed by atoms with van der Waals surface area (Å²) in [5.74, 6) is -0.0979. The van der Waals surface area contributed by atoms with E-state index in [1.54, 1.807) is 23.1 Å². The van der Waals surface area contributed by atoms with Crippen LogP contribution in [0, 0.1) is 0 Å². The topological polar surface area (TPSA) is 46.3 Å². The fourth-order valence-electron chi connectivity index (χ4n) is 2.00.